The van der Waals surface area contributed by atoms with Crippen molar-refractivity contribution in [2.75, 3.05) is 7.11 Å². The standard InChI is InChI=1S/C13H18BrClO/c1-9(2)4-7-13(15)11-6-5-10(16-3)8-12(11)14/h5-6,8-9,13H,4,7H2,1-3H3. The second-order valence-corrected chi connectivity index (χ2v) is 5.71. The molecule has 1 atom stereocenters. The molecule has 0 aliphatic heterocycles. The van der Waals surface area contributed by atoms with E-state index in [4.69, 9.17) is 16.3 Å². The van der Waals surface area contributed by atoms with Crippen LogP contribution in [0.25, 0.3) is 0 Å². The molecule has 1 aromatic rings. The normalized spacial score (nSPS) is 12.9. The molecule has 1 rings (SSSR count). The number of alkyl halides is 1. The maximum absolute atomic E-state index is 6.38. The van der Waals surface area contributed by atoms with Crippen LogP contribution in [0.3, 0.4) is 0 Å². The third-order valence-corrected chi connectivity index (χ3v) is 3.68. The molecule has 0 saturated heterocycles. The largest absolute Gasteiger partial charge is 0.497 e. The Balaban J connectivity index is 2.71. The predicted molar refractivity (Wildman–Crippen MR) is 73.4 cm³/mol. The molecule has 0 heterocycles. The third-order valence-electron chi connectivity index (χ3n) is 2.54. The molecular formula is C13H18BrClO. The molecular weight excluding hydrogens is 287 g/mol. The lowest BCUT2D eigenvalue weighted by Gasteiger charge is -2.14. The number of benzene rings is 1. The zero-order chi connectivity index (χ0) is 12.1. The molecule has 0 bridgehead atoms. The fraction of sp³-hybridized carbons (Fsp3) is 0.538. The molecule has 1 unspecified atom stereocenters. The van der Waals surface area contributed by atoms with E-state index in [9.17, 15) is 0 Å². The molecule has 0 aromatic heterocycles. The Morgan fingerprint density at radius 3 is 2.50 bits per heavy atom. The van der Waals surface area contributed by atoms with Crippen LogP contribution >= 0.6 is 27.5 Å². The first-order valence-corrected chi connectivity index (χ1v) is 6.75. The van der Waals surface area contributed by atoms with E-state index >= 15 is 0 Å². The molecule has 0 N–H and O–H groups in total. The van der Waals surface area contributed by atoms with Crippen LogP contribution in [0.1, 0.15) is 37.6 Å². The molecule has 0 saturated carbocycles. The summed E-state index contributed by atoms with van der Waals surface area (Å²) in [5.41, 5.74) is 1.14. The number of hydrogen-bond acceptors (Lipinski definition) is 1. The van der Waals surface area contributed by atoms with Gasteiger partial charge in [-0.2, -0.15) is 0 Å². The summed E-state index contributed by atoms with van der Waals surface area (Å²) in [6, 6.07) is 5.94. The van der Waals surface area contributed by atoms with Gasteiger partial charge in [-0.05, 0) is 36.5 Å². The molecule has 0 fully saturated rings. The van der Waals surface area contributed by atoms with Gasteiger partial charge < -0.3 is 4.74 Å². The Hall–Kier alpha value is -0.210. The molecule has 1 aromatic carbocycles. The van der Waals surface area contributed by atoms with Gasteiger partial charge in [-0.15, -0.1) is 11.6 Å². The number of methoxy groups -OCH3 is 1. The zero-order valence-corrected chi connectivity index (χ0v) is 12.3. The molecule has 0 aliphatic rings. The highest BCUT2D eigenvalue weighted by molar-refractivity contribution is 9.10. The van der Waals surface area contributed by atoms with Crippen molar-refractivity contribution in [3.05, 3.63) is 28.2 Å². The minimum atomic E-state index is 0.0719. The van der Waals surface area contributed by atoms with Gasteiger partial charge in [0.15, 0.2) is 0 Å². The smallest absolute Gasteiger partial charge is 0.120 e. The summed E-state index contributed by atoms with van der Waals surface area (Å²) in [7, 11) is 1.67. The topological polar surface area (TPSA) is 9.23 Å². The average molecular weight is 306 g/mol. The SMILES string of the molecule is COc1ccc(C(Cl)CCC(C)C)c(Br)c1. The Kier molecular flexibility index (Phi) is 5.63. The van der Waals surface area contributed by atoms with Crippen LogP contribution in [-0.2, 0) is 0 Å². The Labute approximate surface area is 111 Å². The summed E-state index contributed by atoms with van der Waals surface area (Å²) < 4.78 is 6.18. The minimum absolute atomic E-state index is 0.0719. The van der Waals surface area contributed by atoms with Crippen molar-refractivity contribution in [3.63, 3.8) is 0 Å². The zero-order valence-electron chi connectivity index (χ0n) is 9.97. The lowest BCUT2D eigenvalue weighted by Crippen LogP contribution is -1.96. The lowest BCUT2D eigenvalue weighted by molar-refractivity contribution is 0.414. The fourth-order valence-electron chi connectivity index (χ4n) is 1.52. The summed E-state index contributed by atoms with van der Waals surface area (Å²) in [5.74, 6) is 1.54. The van der Waals surface area contributed by atoms with Crippen molar-refractivity contribution >= 4 is 27.5 Å². The van der Waals surface area contributed by atoms with Gasteiger partial charge in [-0.1, -0.05) is 35.8 Å². The van der Waals surface area contributed by atoms with Gasteiger partial charge >= 0.3 is 0 Å². The van der Waals surface area contributed by atoms with E-state index in [2.05, 4.69) is 29.8 Å². The third kappa shape index (κ3) is 3.99. The van der Waals surface area contributed by atoms with Crippen LogP contribution < -0.4 is 4.74 Å². The Bertz CT molecular complexity index is 339. The molecule has 0 amide bonds. The van der Waals surface area contributed by atoms with Crippen LogP contribution in [0.5, 0.6) is 5.75 Å². The Morgan fingerprint density at radius 2 is 2.00 bits per heavy atom. The minimum Gasteiger partial charge on any atom is -0.497 e. The number of halogens is 2. The summed E-state index contributed by atoms with van der Waals surface area (Å²) in [6.45, 7) is 4.43. The van der Waals surface area contributed by atoms with Gasteiger partial charge in [0.05, 0.1) is 12.5 Å². The highest BCUT2D eigenvalue weighted by Crippen LogP contribution is 2.34. The first-order chi connectivity index (χ1) is 7.54. The van der Waals surface area contributed by atoms with E-state index in [0.717, 1.165) is 28.6 Å². The molecule has 0 aliphatic carbocycles. The van der Waals surface area contributed by atoms with Gasteiger partial charge in [-0.25, -0.2) is 0 Å². The van der Waals surface area contributed by atoms with E-state index in [1.165, 1.54) is 0 Å². The van der Waals surface area contributed by atoms with E-state index in [1.54, 1.807) is 7.11 Å². The van der Waals surface area contributed by atoms with Gasteiger partial charge in [0.1, 0.15) is 5.75 Å². The fourth-order valence-corrected chi connectivity index (χ4v) is 2.61. The summed E-state index contributed by atoms with van der Waals surface area (Å²) in [5, 5.41) is 0.0719. The average Bonchev–Trinajstić information content (AvgIpc) is 2.25. The molecule has 0 radical (unpaired) electrons. The molecule has 1 nitrogen and oxygen atoms in total. The highest BCUT2D eigenvalue weighted by Gasteiger charge is 2.12. The monoisotopic (exact) mass is 304 g/mol. The van der Waals surface area contributed by atoms with Crippen LogP contribution in [0.4, 0.5) is 0 Å². The number of ether oxygens (including phenoxy) is 1. The summed E-state index contributed by atoms with van der Waals surface area (Å²) >= 11 is 9.91. The number of hydrogen-bond donors (Lipinski definition) is 0. The molecule has 90 valence electrons. The van der Waals surface area contributed by atoms with Crippen molar-refractivity contribution in [2.45, 2.75) is 32.1 Å². The van der Waals surface area contributed by atoms with E-state index < -0.39 is 0 Å². The van der Waals surface area contributed by atoms with Gasteiger partial charge in [0.2, 0.25) is 0 Å². The quantitative estimate of drug-likeness (QED) is 0.682. The Morgan fingerprint density at radius 1 is 1.31 bits per heavy atom. The van der Waals surface area contributed by atoms with Gasteiger partial charge in [-0.3, -0.25) is 0 Å². The lowest BCUT2D eigenvalue weighted by atomic mass is 10.0. The van der Waals surface area contributed by atoms with Gasteiger partial charge in [0, 0.05) is 4.47 Å². The first-order valence-electron chi connectivity index (χ1n) is 5.52. The van der Waals surface area contributed by atoms with Crippen LogP contribution in [-0.4, -0.2) is 7.11 Å². The van der Waals surface area contributed by atoms with Gasteiger partial charge in [0.25, 0.3) is 0 Å². The van der Waals surface area contributed by atoms with Crippen molar-refractivity contribution in [3.8, 4) is 5.75 Å². The van der Waals surface area contributed by atoms with Crippen molar-refractivity contribution < 1.29 is 4.74 Å². The summed E-state index contributed by atoms with van der Waals surface area (Å²) in [4.78, 5) is 0. The van der Waals surface area contributed by atoms with Crippen molar-refractivity contribution in [2.24, 2.45) is 5.92 Å². The van der Waals surface area contributed by atoms with E-state index in [1.807, 2.05) is 18.2 Å². The number of rotatable bonds is 5. The second kappa shape index (κ2) is 6.51. The van der Waals surface area contributed by atoms with Crippen LogP contribution in [0.15, 0.2) is 22.7 Å². The highest BCUT2D eigenvalue weighted by atomic mass is 79.9. The maximum Gasteiger partial charge on any atom is 0.120 e. The van der Waals surface area contributed by atoms with Crippen molar-refractivity contribution in [1.29, 1.82) is 0 Å². The maximum atomic E-state index is 6.38. The molecule has 3 heteroatoms. The van der Waals surface area contributed by atoms with E-state index in [0.29, 0.717) is 5.92 Å². The second-order valence-electron chi connectivity index (χ2n) is 4.33. The summed E-state index contributed by atoms with van der Waals surface area (Å²) in [6.07, 6.45) is 2.15. The van der Waals surface area contributed by atoms with Crippen molar-refractivity contribution in [1.82, 2.24) is 0 Å². The molecule has 0 spiro atoms. The predicted octanol–water partition coefficient (Wildman–Crippen LogP) is 5.17. The van der Waals surface area contributed by atoms with Crippen LogP contribution in [0.2, 0.25) is 0 Å². The van der Waals surface area contributed by atoms with E-state index in [-0.39, 0.29) is 5.38 Å². The first kappa shape index (κ1) is 13.9. The molecule has 16 heavy (non-hydrogen) atoms. The van der Waals surface area contributed by atoms with Crippen LogP contribution in [0, 0.1) is 5.92 Å².